The molecule has 2 aromatic carbocycles. The Morgan fingerprint density at radius 3 is 2.46 bits per heavy atom. The first-order valence-electron chi connectivity index (χ1n) is 12.0. The van der Waals surface area contributed by atoms with Crippen LogP contribution in [0.4, 0.5) is 5.69 Å². The van der Waals surface area contributed by atoms with Gasteiger partial charge in [0.15, 0.2) is 0 Å². The number of nitrogens with one attached hydrogen (secondary N) is 2. The molecule has 0 radical (unpaired) electrons. The summed E-state index contributed by atoms with van der Waals surface area (Å²) in [6.07, 6.45) is 1.23. The number of carbonyl (C=O) groups excluding carboxylic acids is 4. The number of benzene rings is 2. The first-order valence-corrected chi connectivity index (χ1v) is 12.0. The third-order valence-electron chi connectivity index (χ3n) is 6.54. The van der Waals surface area contributed by atoms with Crippen LogP contribution < -0.4 is 5.32 Å². The van der Waals surface area contributed by atoms with E-state index in [1.54, 1.807) is 54.3 Å². The highest BCUT2D eigenvalue weighted by Gasteiger charge is 2.34. The molecule has 10 nitrogen and oxygen atoms in total. The van der Waals surface area contributed by atoms with Crippen molar-refractivity contribution in [3.05, 3.63) is 65.9 Å². The number of aliphatic carboxylic acids is 1. The van der Waals surface area contributed by atoms with Gasteiger partial charge >= 0.3 is 5.97 Å². The van der Waals surface area contributed by atoms with E-state index in [9.17, 15) is 24.0 Å². The van der Waals surface area contributed by atoms with Crippen LogP contribution in [0.3, 0.4) is 0 Å². The Kier molecular flexibility index (Phi) is 7.37. The number of H-pyrrole nitrogens is 1. The quantitative estimate of drug-likeness (QED) is 0.334. The average Bonchev–Trinajstić information content (AvgIpc) is 3.33. The third-order valence-corrected chi connectivity index (χ3v) is 6.54. The van der Waals surface area contributed by atoms with E-state index in [1.165, 1.54) is 18.0 Å². The molecule has 1 fully saturated rings. The number of carboxylic acids is 1. The van der Waals surface area contributed by atoms with Crippen molar-refractivity contribution in [1.82, 2.24) is 14.8 Å². The van der Waals surface area contributed by atoms with Crippen molar-refractivity contribution in [1.29, 1.82) is 0 Å². The van der Waals surface area contributed by atoms with Gasteiger partial charge in [-0.25, -0.2) is 0 Å². The summed E-state index contributed by atoms with van der Waals surface area (Å²) in [4.78, 5) is 68.6. The Balaban J connectivity index is 1.46. The van der Waals surface area contributed by atoms with E-state index in [2.05, 4.69) is 10.3 Å². The van der Waals surface area contributed by atoms with Crippen LogP contribution in [0.1, 0.15) is 41.0 Å². The van der Waals surface area contributed by atoms with Crippen LogP contribution in [0.15, 0.2) is 54.7 Å². The second kappa shape index (κ2) is 10.7. The zero-order chi connectivity index (χ0) is 26.7. The molecule has 4 rings (SSSR count). The Bertz CT molecular complexity index is 1370. The van der Waals surface area contributed by atoms with E-state index in [-0.39, 0.29) is 30.5 Å². The van der Waals surface area contributed by atoms with Gasteiger partial charge in [0.1, 0.15) is 0 Å². The molecule has 2 heterocycles. The zero-order valence-electron chi connectivity index (χ0n) is 20.6. The smallest absolute Gasteiger partial charge is 0.306 e. The van der Waals surface area contributed by atoms with Gasteiger partial charge in [-0.3, -0.25) is 24.0 Å². The average molecular weight is 505 g/mol. The summed E-state index contributed by atoms with van der Waals surface area (Å²) in [7, 11) is 0. The lowest BCUT2D eigenvalue weighted by molar-refractivity contribution is -0.142. The predicted molar refractivity (Wildman–Crippen MR) is 136 cm³/mol. The molecule has 1 aliphatic rings. The van der Waals surface area contributed by atoms with E-state index in [1.807, 2.05) is 6.07 Å². The monoisotopic (exact) mass is 504 g/mol. The molecule has 1 aliphatic heterocycles. The van der Waals surface area contributed by atoms with Gasteiger partial charge in [0, 0.05) is 49.2 Å². The van der Waals surface area contributed by atoms with E-state index in [4.69, 9.17) is 5.11 Å². The molecule has 3 N–H and O–H groups in total. The summed E-state index contributed by atoms with van der Waals surface area (Å²) in [5.41, 5.74) is 1.59. The van der Waals surface area contributed by atoms with Gasteiger partial charge in [0.25, 0.3) is 17.6 Å². The maximum Gasteiger partial charge on any atom is 0.306 e. The number of piperazine rings is 1. The number of ketones is 1. The van der Waals surface area contributed by atoms with Crippen molar-refractivity contribution in [2.75, 3.05) is 25.0 Å². The zero-order valence-corrected chi connectivity index (χ0v) is 20.6. The van der Waals surface area contributed by atoms with Crippen LogP contribution in [0.5, 0.6) is 0 Å². The van der Waals surface area contributed by atoms with Gasteiger partial charge in [-0.05, 0) is 25.1 Å². The number of nitrogens with zero attached hydrogens (tertiary/aromatic N) is 2. The number of carboxylic acid groups (broad SMARTS) is 1. The molecule has 0 aliphatic carbocycles. The molecule has 3 aromatic rings. The number of para-hydroxylation sites is 1. The largest absolute Gasteiger partial charge is 0.481 e. The molecular formula is C27H28N4O6. The molecule has 10 heteroatoms. The number of aromatic nitrogens is 1. The van der Waals surface area contributed by atoms with Crippen LogP contribution in [0.2, 0.25) is 0 Å². The van der Waals surface area contributed by atoms with Gasteiger partial charge in [0.05, 0.1) is 22.7 Å². The molecular weight excluding hydrogens is 476 g/mol. The Morgan fingerprint density at radius 1 is 1.05 bits per heavy atom. The number of aromatic amines is 1. The summed E-state index contributed by atoms with van der Waals surface area (Å²) < 4.78 is 0. The Labute approximate surface area is 213 Å². The maximum atomic E-state index is 13.2. The number of hydrogen-bond donors (Lipinski definition) is 3. The second-order valence-corrected chi connectivity index (χ2v) is 9.22. The molecule has 3 amide bonds. The first kappa shape index (κ1) is 25.6. The van der Waals surface area contributed by atoms with Gasteiger partial charge < -0.3 is 25.2 Å². The van der Waals surface area contributed by atoms with E-state index in [0.29, 0.717) is 35.2 Å². The molecule has 37 heavy (non-hydrogen) atoms. The van der Waals surface area contributed by atoms with E-state index >= 15 is 0 Å². The van der Waals surface area contributed by atoms with E-state index < -0.39 is 29.5 Å². The molecule has 1 unspecified atom stereocenters. The van der Waals surface area contributed by atoms with Crippen molar-refractivity contribution in [3.63, 3.8) is 0 Å². The minimum atomic E-state index is -1.07. The number of Topliss-reactive ketones (excluding diaryl/α,β-unsaturated/α-hetero) is 1. The number of hydrogen-bond acceptors (Lipinski definition) is 5. The van der Waals surface area contributed by atoms with E-state index in [0.717, 1.165) is 0 Å². The molecule has 0 bridgehead atoms. The first-order chi connectivity index (χ1) is 17.7. The van der Waals surface area contributed by atoms with Crippen molar-refractivity contribution in [2.45, 2.75) is 26.3 Å². The van der Waals surface area contributed by atoms with Gasteiger partial charge in [-0.1, -0.05) is 37.3 Å². The molecule has 192 valence electrons. The lowest BCUT2D eigenvalue weighted by Crippen LogP contribution is -2.56. The highest BCUT2D eigenvalue weighted by atomic mass is 16.4. The SMILES string of the molecule is CC(CC(=O)Nc1cccc2c(C(=O)C(=O)N3CCN(C(=O)c4ccccc4)C[C@H]3C)c[nH]c12)C(=O)O. The Morgan fingerprint density at radius 2 is 1.78 bits per heavy atom. The number of anilines is 1. The Hall–Kier alpha value is -4.47. The standard InChI is InChI=1S/C27H28N4O6/c1-16(27(36)37)13-22(32)29-21-10-6-9-19-20(14-28-23(19)21)24(33)26(35)31-12-11-30(15-17(31)2)25(34)18-7-4-3-5-8-18/h3-10,14,16-17,28H,11-13,15H2,1-2H3,(H,29,32)(H,36,37)/t16?,17-/m1/s1. The van der Waals surface area contributed by atoms with Crippen molar-refractivity contribution >= 4 is 46.1 Å². The normalized spacial score (nSPS) is 16.3. The predicted octanol–water partition coefficient (Wildman–Crippen LogP) is 2.77. The summed E-state index contributed by atoms with van der Waals surface area (Å²) in [6, 6.07) is 13.5. The minimum absolute atomic E-state index is 0.116. The number of rotatable bonds is 7. The summed E-state index contributed by atoms with van der Waals surface area (Å²) in [5, 5.41) is 12.2. The molecule has 0 spiro atoms. The van der Waals surface area contributed by atoms with Gasteiger partial charge in [-0.15, -0.1) is 0 Å². The lowest BCUT2D eigenvalue weighted by atomic mass is 10.1. The fourth-order valence-corrected chi connectivity index (χ4v) is 4.47. The van der Waals surface area contributed by atoms with Crippen LogP contribution in [-0.2, 0) is 14.4 Å². The van der Waals surface area contributed by atoms with Crippen molar-refractivity contribution in [3.8, 4) is 0 Å². The van der Waals surface area contributed by atoms with Crippen molar-refractivity contribution < 1.29 is 29.1 Å². The van der Waals surface area contributed by atoms with Gasteiger partial charge in [0.2, 0.25) is 5.91 Å². The van der Waals surface area contributed by atoms with Crippen LogP contribution in [0, 0.1) is 5.92 Å². The second-order valence-electron chi connectivity index (χ2n) is 9.22. The maximum absolute atomic E-state index is 13.2. The summed E-state index contributed by atoms with van der Waals surface area (Å²) in [6.45, 7) is 4.10. The highest BCUT2D eigenvalue weighted by molar-refractivity contribution is 6.45. The molecule has 1 aromatic heterocycles. The summed E-state index contributed by atoms with van der Waals surface area (Å²) >= 11 is 0. The lowest BCUT2D eigenvalue weighted by Gasteiger charge is -2.39. The molecule has 2 atom stereocenters. The molecule has 1 saturated heterocycles. The number of carbonyl (C=O) groups is 5. The topological polar surface area (TPSA) is 140 Å². The number of amides is 3. The van der Waals surface area contributed by atoms with Gasteiger partial charge in [-0.2, -0.15) is 0 Å². The van der Waals surface area contributed by atoms with Crippen molar-refractivity contribution in [2.24, 2.45) is 5.92 Å². The minimum Gasteiger partial charge on any atom is -0.481 e. The summed E-state index contributed by atoms with van der Waals surface area (Å²) in [5.74, 6) is -3.86. The molecule has 0 saturated carbocycles. The fourth-order valence-electron chi connectivity index (χ4n) is 4.47. The fraction of sp³-hybridized carbons (Fsp3) is 0.296. The highest BCUT2D eigenvalue weighted by Crippen LogP contribution is 2.27. The van der Waals surface area contributed by atoms with Crippen LogP contribution in [0.25, 0.3) is 10.9 Å². The number of fused-ring (bicyclic) bond motifs is 1. The van der Waals surface area contributed by atoms with Crippen LogP contribution >= 0.6 is 0 Å². The third kappa shape index (κ3) is 5.37. The van der Waals surface area contributed by atoms with Crippen LogP contribution in [-0.4, -0.2) is 75.0 Å².